The molecule has 0 heterocycles. The molecule has 0 radical (unpaired) electrons. The highest BCUT2D eigenvalue weighted by Crippen LogP contribution is 2.66. The molecule has 160 valence electrons. The molecule has 2 nitrogen and oxygen atoms in total. The van der Waals surface area contributed by atoms with Crippen LogP contribution < -0.4 is 10.1 Å². The van der Waals surface area contributed by atoms with E-state index in [1.54, 1.807) is 12.1 Å². The van der Waals surface area contributed by atoms with E-state index in [1.807, 2.05) is 24.3 Å². The van der Waals surface area contributed by atoms with Crippen molar-refractivity contribution in [3.8, 4) is 5.75 Å². The third-order valence-electron chi connectivity index (χ3n) is 7.64. The number of benzene rings is 2. The summed E-state index contributed by atoms with van der Waals surface area (Å²) in [6, 6.07) is 12.5. The average molecular weight is 428 g/mol. The number of nitrogens with one attached hydrogen (secondary N) is 1. The number of halogens is 2. The van der Waals surface area contributed by atoms with Crippen molar-refractivity contribution in [1.29, 1.82) is 0 Å². The van der Waals surface area contributed by atoms with Crippen LogP contribution in [0.15, 0.2) is 42.5 Å². The highest BCUT2D eigenvalue weighted by Gasteiger charge is 2.59. The molecule has 1 N–H and O–H groups in total. The van der Waals surface area contributed by atoms with Gasteiger partial charge in [-0.1, -0.05) is 43.6 Å². The Bertz CT molecular complexity index is 942. The maximum absolute atomic E-state index is 14.0. The van der Waals surface area contributed by atoms with Crippen LogP contribution in [0.1, 0.15) is 63.5 Å². The molecule has 0 amide bonds. The van der Waals surface area contributed by atoms with Crippen molar-refractivity contribution in [3.63, 3.8) is 0 Å². The first-order valence-electron chi connectivity index (χ1n) is 11.2. The highest BCUT2D eigenvalue weighted by molar-refractivity contribution is 6.30. The molecule has 0 saturated heterocycles. The molecule has 2 aromatic carbocycles. The molecule has 0 aliphatic heterocycles. The van der Waals surface area contributed by atoms with E-state index in [2.05, 4.69) is 19.2 Å². The van der Waals surface area contributed by atoms with Crippen LogP contribution in [0.25, 0.3) is 0 Å². The molecule has 2 aromatic rings. The quantitative estimate of drug-likeness (QED) is 0.541. The lowest BCUT2D eigenvalue weighted by Crippen LogP contribution is -2.63. The smallest absolute Gasteiger partial charge is 0.129 e. The minimum Gasteiger partial charge on any atom is -0.488 e. The van der Waals surface area contributed by atoms with E-state index in [4.69, 9.17) is 16.3 Å². The largest absolute Gasteiger partial charge is 0.488 e. The van der Waals surface area contributed by atoms with Crippen molar-refractivity contribution in [2.75, 3.05) is 0 Å². The maximum Gasteiger partial charge on any atom is 0.129 e. The minimum absolute atomic E-state index is 0.213. The van der Waals surface area contributed by atoms with Crippen molar-refractivity contribution in [2.45, 2.75) is 71.1 Å². The van der Waals surface area contributed by atoms with Gasteiger partial charge in [0.15, 0.2) is 0 Å². The van der Waals surface area contributed by atoms with E-state index in [-0.39, 0.29) is 18.0 Å². The molecule has 4 aliphatic rings. The number of rotatable bonds is 6. The van der Waals surface area contributed by atoms with Crippen LogP contribution in [0.5, 0.6) is 5.75 Å². The van der Waals surface area contributed by atoms with Crippen LogP contribution in [0.2, 0.25) is 5.02 Å². The maximum atomic E-state index is 14.0. The lowest BCUT2D eigenvalue weighted by molar-refractivity contribution is -0.118. The fraction of sp³-hybridized carbons (Fsp3) is 0.538. The topological polar surface area (TPSA) is 21.3 Å². The van der Waals surface area contributed by atoms with E-state index >= 15 is 0 Å². The molecule has 30 heavy (non-hydrogen) atoms. The van der Waals surface area contributed by atoms with Gasteiger partial charge in [0.2, 0.25) is 0 Å². The van der Waals surface area contributed by atoms with Crippen LogP contribution >= 0.6 is 11.6 Å². The fourth-order valence-corrected chi connectivity index (χ4v) is 7.72. The Kier molecular flexibility index (Phi) is 4.91. The fourth-order valence-electron chi connectivity index (χ4n) is 7.53. The first kappa shape index (κ1) is 20.3. The van der Waals surface area contributed by atoms with Crippen LogP contribution in [0.3, 0.4) is 0 Å². The molecule has 4 saturated carbocycles. The summed E-state index contributed by atoms with van der Waals surface area (Å²) >= 11 is 6.31. The van der Waals surface area contributed by atoms with E-state index in [1.165, 1.54) is 44.6 Å². The van der Waals surface area contributed by atoms with Crippen molar-refractivity contribution in [1.82, 2.24) is 5.32 Å². The second kappa shape index (κ2) is 7.24. The zero-order chi connectivity index (χ0) is 21.0. The third-order valence-corrected chi connectivity index (χ3v) is 7.88. The summed E-state index contributed by atoms with van der Waals surface area (Å²) < 4.78 is 20.0. The Morgan fingerprint density at radius 3 is 2.43 bits per heavy atom. The van der Waals surface area contributed by atoms with E-state index < -0.39 is 0 Å². The van der Waals surface area contributed by atoms with Gasteiger partial charge in [0, 0.05) is 28.2 Å². The first-order chi connectivity index (χ1) is 14.3. The van der Waals surface area contributed by atoms with Crippen molar-refractivity contribution >= 4 is 11.6 Å². The molecule has 4 heteroatoms. The molecule has 4 atom stereocenters. The molecule has 4 fully saturated rings. The monoisotopic (exact) mass is 427 g/mol. The Morgan fingerprint density at radius 2 is 1.73 bits per heavy atom. The average Bonchev–Trinajstić information content (AvgIpc) is 2.64. The van der Waals surface area contributed by atoms with Gasteiger partial charge in [-0.05, 0) is 79.5 Å². The SMILES string of the molecule is C[C@]12CC3CC(NCc4cc(Cl)ccc4OCc4ccccc4F)(C1)C[C@@](C)(C3)C2. The molecule has 6 rings (SSSR count). The van der Waals surface area contributed by atoms with Gasteiger partial charge < -0.3 is 10.1 Å². The predicted octanol–water partition coefficient (Wildman–Crippen LogP) is 6.90. The van der Waals surface area contributed by atoms with Gasteiger partial charge in [-0.15, -0.1) is 0 Å². The summed E-state index contributed by atoms with van der Waals surface area (Å²) in [6.07, 6.45) is 7.95. The van der Waals surface area contributed by atoms with Gasteiger partial charge in [0.25, 0.3) is 0 Å². The lowest BCUT2D eigenvalue weighted by Gasteiger charge is -2.65. The Hall–Kier alpha value is -1.58. The molecule has 2 unspecified atom stereocenters. The third kappa shape index (κ3) is 3.87. The summed E-state index contributed by atoms with van der Waals surface area (Å²) in [4.78, 5) is 0. The summed E-state index contributed by atoms with van der Waals surface area (Å²) in [5, 5.41) is 4.66. The molecule has 4 bridgehead atoms. The van der Waals surface area contributed by atoms with Gasteiger partial charge in [0.1, 0.15) is 18.2 Å². The molecular weight excluding hydrogens is 397 g/mol. The minimum atomic E-state index is -0.235. The standard InChI is InChI=1S/C26H31ClFNO/c1-24-10-18-11-25(2,15-24)17-26(12-18,16-24)29-13-20-9-21(27)7-8-23(20)30-14-19-5-3-4-6-22(19)28/h3-9,18,29H,10-17H2,1-2H3/t18?,24-,25+,26?. The molecule has 0 aromatic heterocycles. The second-order valence-corrected chi connectivity index (χ2v) is 11.3. The predicted molar refractivity (Wildman–Crippen MR) is 119 cm³/mol. The molecule has 0 spiro atoms. The van der Waals surface area contributed by atoms with Gasteiger partial charge in [-0.2, -0.15) is 0 Å². The Morgan fingerprint density at radius 1 is 1.00 bits per heavy atom. The number of ether oxygens (including phenoxy) is 1. The van der Waals surface area contributed by atoms with Gasteiger partial charge >= 0.3 is 0 Å². The van der Waals surface area contributed by atoms with Gasteiger partial charge in [-0.25, -0.2) is 4.39 Å². The van der Waals surface area contributed by atoms with Crippen molar-refractivity contribution in [3.05, 3.63) is 64.4 Å². The zero-order valence-electron chi connectivity index (χ0n) is 17.9. The Balaban J connectivity index is 1.33. The van der Waals surface area contributed by atoms with Crippen LogP contribution in [-0.4, -0.2) is 5.54 Å². The van der Waals surface area contributed by atoms with Gasteiger partial charge in [-0.3, -0.25) is 0 Å². The number of hydrogen-bond donors (Lipinski definition) is 1. The van der Waals surface area contributed by atoms with Crippen molar-refractivity contribution in [2.24, 2.45) is 16.7 Å². The lowest BCUT2D eigenvalue weighted by atomic mass is 9.43. The van der Waals surface area contributed by atoms with Gasteiger partial charge in [0.05, 0.1) is 0 Å². The zero-order valence-corrected chi connectivity index (χ0v) is 18.7. The highest BCUT2D eigenvalue weighted by atomic mass is 35.5. The van der Waals surface area contributed by atoms with Crippen LogP contribution in [0, 0.1) is 22.6 Å². The van der Waals surface area contributed by atoms with E-state index in [9.17, 15) is 4.39 Å². The molecular formula is C26H31ClFNO. The van der Waals surface area contributed by atoms with E-state index in [0.717, 1.165) is 23.8 Å². The second-order valence-electron chi connectivity index (χ2n) is 10.9. The molecule has 4 aliphatic carbocycles. The normalized spacial score (nSPS) is 34.3. The van der Waals surface area contributed by atoms with E-state index in [0.29, 0.717) is 21.4 Å². The van der Waals surface area contributed by atoms with Crippen LogP contribution in [-0.2, 0) is 13.2 Å². The van der Waals surface area contributed by atoms with Crippen LogP contribution in [0.4, 0.5) is 4.39 Å². The number of hydrogen-bond acceptors (Lipinski definition) is 2. The summed E-state index contributed by atoms with van der Waals surface area (Å²) in [7, 11) is 0. The van der Waals surface area contributed by atoms with Crippen molar-refractivity contribution < 1.29 is 9.13 Å². The summed E-state index contributed by atoms with van der Waals surface area (Å²) in [5.74, 6) is 1.39. The Labute approximate surface area is 184 Å². The summed E-state index contributed by atoms with van der Waals surface area (Å²) in [6.45, 7) is 5.93. The summed E-state index contributed by atoms with van der Waals surface area (Å²) in [5.41, 5.74) is 2.77. The first-order valence-corrected chi connectivity index (χ1v) is 11.5.